The van der Waals surface area contributed by atoms with E-state index in [-0.39, 0.29) is 6.04 Å². The number of halogens is 3. The van der Waals surface area contributed by atoms with Crippen molar-refractivity contribution in [3.8, 4) is 0 Å². The van der Waals surface area contributed by atoms with Crippen LogP contribution in [0.2, 0.25) is 0 Å². The zero-order valence-electron chi connectivity index (χ0n) is 8.79. The SMILES string of the molecule is NC(Cc1sccc1Br)c1cc(Br)ccc1I. The second-order valence-electron chi connectivity index (χ2n) is 3.67. The minimum atomic E-state index is 0.0364. The highest BCUT2D eigenvalue weighted by Crippen LogP contribution is 2.30. The van der Waals surface area contributed by atoms with E-state index >= 15 is 0 Å². The Kier molecular flexibility index (Phi) is 5.06. The van der Waals surface area contributed by atoms with E-state index in [9.17, 15) is 0 Å². The van der Waals surface area contributed by atoms with Crippen LogP contribution in [0.25, 0.3) is 0 Å². The first-order valence-electron chi connectivity index (χ1n) is 5.00. The Morgan fingerprint density at radius 3 is 2.71 bits per heavy atom. The highest BCUT2D eigenvalue weighted by Gasteiger charge is 2.13. The van der Waals surface area contributed by atoms with E-state index in [4.69, 9.17) is 5.73 Å². The second kappa shape index (κ2) is 6.14. The standard InChI is InChI=1S/C12H10Br2INS/c13-7-1-2-10(15)8(5-7)11(16)6-12-9(14)3-4-17-12/h1-5,11H,6,16H2. The van der Waals surface area contributed by atoms with Gasteiger partial charge in [-0.15, -0.1) is 11.3 Å². The van der Waals surface area contributed by atoms with Gasteiger partial charge in [0, 0.05) is 29.9 Å². The van der Waals surface area contributed by atoms with Crippen LogP contribution in [0.4, 0.5) is 0 Å². The summed E-state index contributed by atoms with van der Waals surface area (Å²) in [6.45, 7) is 0. The number of hydrogen-bond donors (Lipinski definition) is 1. The summed E-state index contributed by atoms with van der Waals surface area (Å²) in [5.41, 5.74) is 7.48. The third-order valence-corrected chi connectivity index (χ3v) is 5.88. The van der Waals surface area contributed by atoms with Crippen LogP contribution in [0.3, 0.4) is 0 Å². The van der Waals surface area contributed by atoms with E-state index in [1.165, 1.54) is 14.0 Å². The van der Waals surface area contributed by atoms with E-state index in [0.29, 0.717) is 0 Å². The summed E-state index contributed by atoms with van der Waals surface area (Å²) in [6.07, 6.45) is 0.866. The van der Waals surface area contributed by atoms with Gasteiger partial charge >= 0.3 is 0 Å². The van der Waals surface area contributed by atoms with Gasteiger partial charge in [-0.2, -0.15) is 0 Å². The molecule has 1 nitrogen and oxygen atoms in total. The van der Waals surface area contributed by atoms with Crippen molar-refractivity contribution in [2.45, 2.75) is 12.5 Å². The van der Waals surface area contributed by atoms with Gasteiger partial charge < -0.3 is 5.73 Å². The Hall–Kier alpha value is 0.570. The molecule has 0 saturated heterocycles. The van der Waals surface area contributed by atoms with Crippen molar-refractivity contribution in [3.05, 3.63) is 52.6 Å². The molecule has 0 aliphatic rings. The average Bonchev–Trinajstić information content (AvgIpc) is 2.68. The lowest BCUT2D eigenvalue weighted by Gasteiger charge is -2.14. The smallest absolute Gasteiger partial charge is 0.0355 e. The first-order valence-corrected chi connectivity index (χ1v) is 8.55. The molecule has 1 unspecified atom stereocenters. The maximum atomic E-state index is 6.29. The van der Waals surface area contributed by atoms with Crippen LogP contribution < -0.4 is 5.73 Å². The van der Waals surface area contributed by atoms with Crippen LogP contribution in [0.1, 0.15) is 16.5 Å². The van der Waals surface area contributed by atoms with Gasteiger partial charge in [0.15, 0.2) is 0 Å². The van der Waals surface area contributed by atoms with E-state index in [0.717, 1.165) is 15.4 Å². The minimum Gasteiger partial charge on any atom is -0.324 e. The summed E-state index contributed by atoms with van der Waals surface area (Å²) in [5.74, 6) is 0. The third kappa shape index (κ3) is 3.53. The molecule has 0 amide bonds. The summed E-state index contributed by atoms with van der Waals surface area (Å²) >= 11 is 11.1. The van der Waals surface area contributed by atoms with Crippen LogP contribution in [0.5, 0.6) is 0 Å². The Morgan fingerprint density at radius 1 is 1.29 bits per heavy atom. The molecule has 1 aromatic heterocycles. The molecular formula is C12H10Br2INS. The summed E-state index contributed by atoms with van der Waals surface area (Å²) < 4.78 is 3.45. The molecule has 17 heavy (non-hydrogen) atoms. The molecule has 1 heterocycles. The van der Waals surface area contributed by atoms with E-state index in [2.05, 4.69) is 78.0 Å². The fraction of sp³-hybridized carbons (Fsp3) is 0.167. The van der Waals surface area contributed by atoms with Crippen molar-refractivity contribution in [3.63, 3.8) is 0 Å². The maximum absolute atomic E-state index is 6.29. The molecular weight excluding hydrogens is 477 g/mol. The zero-order valence-corrected chi connectivity index (χ0v) is 14.9. The van der Waals surface area contributed by atoms with Crippen LogP contribution >= 0.6 is 65.8 Å². The topological polar surface area (TPSA) is 26.0 Å². The van der Waals surface area contributed by atoms with Gasteiger partial charge in [0.05, 0.1) is 0 Å². The van der Waals surface area contributed by atoms with Crippen LogP contribution in [-0.4, -0.2) is 0 Å². The molecule has 2 rings (SSSR count). The van der Waals surface area contributed by atoms with Crippen molar-refractivity contribution in [2.24, 2.45) is 5.73 Å². The number of benzene rings is 1. The predicted octanol–water partition coefficient (Wildman–Crippen LogP) is 5.12. The molecule has 90 valence electrons. The van der Waals surface area contributed by atoms with Gasteiger partial charge in [-0.05, 0) is 73.7 Å². The fourth-order valence-electron chi connectivity index (χ4n) is 1.58. The number of hydrogen-bond acceptors (Lipinski definition) is 2. The van der Waals surface area contributed by atoms with E-state index in [1.54, 1.807) is 11.3 Å². The minimum absolute atomic E-state index is 0.0364. The van der Waals surface area contributed by atoms with Crippen LogP contribution in [0.15, 0.2) is 38.6 Å². The molecule has 0 fully saturated rings. The first kappa shape index (κ1) is 14.0. The highest BCUT2D eigenvalue weighted by atomic mass is 127. The van der Waals surface area contributed by atoms with Crippen LogP contribution in [0, 0.1) is 3.57 Å². The number of nitrogens with two attached hydrogens (primary N) is 1. The van der Waals surface area contributed by atoms with Crippen molar-refractivity contribution in [1.29, 1.82) is 0 Å². The average molecular weight is 487 g/mol. The molecule has 0 aliphatic heterocycles. The van der Waals surface area contributed by atoms with Gasteiger partial charge in [-0.1, -0.05) is 15.9 Å². The lowest BCUT2D eigenvalue weighted by molar-refractivity contribution is 0.724. The van der Waals surface area contributed by atoms with E-state index < -0.39 is 0 Å². The van der Waals surface area contributed by atoms with Gasteiger partial charge in [0.1, 0.15) is 0 Å². The highest BCUT2D eigenvalue weighted by molar-refractivity contribution is 14.1. The summed E-state index contributed by atoms with van der Waals surface area (Å²) in [7, 11) is 0. The van der Waals surface area contributed by atoms with Crippen molar-refractivity contribution >= 4 is 65.8 Å². The Balaban J connectivity index is 2.23. The first-order chi connectivity index (χ1) is 8.08. The van der Waals surface area contributed by atoms with Crippen molar-refractivity contribution in [2.75, 3.05) is 0 Å². The fourth-order valence-corrected chi connectivity index (χ4v) is 4.27. The molecule has 2 aromatic rings. The lowest BCUT2D eigenvalue weighted by atomic mass is 10.0. The molecule has 2 N–H and O–H groups in total. The largest absolute Gasteiger partial charge is 0.324 e. The third-order valence-electron chi connectivity index (χ3n) is 2.45. The molecule has 0 aliphatic carbocycles. The summed E-state index contributed by atoms with van der Waals surface area (Å²) in [5, 5.41) is 2.08. The second-order valence-corrected chi connectivity index (χ2v) is 7.60. The molecule has 0 spiro atoms. The Labute approximate surface area is 135 Å². The lowest BCUT2D eigenvalue weighted by Crippen LogP contribution is -2.14. The summed E-state index contributed by atoms with van der Waals surface area (Å²) in [6, 6.07) is 8.34. The zero-order chi connectivity index (χ0) is 12.4. The van der Waals surface area contributed by atoms with Crippen molar-refractivity contribution < 1.29 is 0 Å². The van der Waals surface area contributed by atoms with Gasteiger partial charge in [0.2, 0.25) is 0 Å². The molecule has 1 aromatic carbocycles. The predicted molar refractivity (Wildman–Crippen MR) is 89.5 cm³/mol. The molecule has 1 atom stereocenters. The van der Waals surface area contributed by atoms with Gasteiger partial charge in [-0.25, -0.2) is 0 Å². The maximum Gasteiger partial charge on any atom is 0.0355 e. The van der Waals surface area contributed by atoms with E-state index in [1.807, 2.05) is 6.07 Å². The Morgan fingerprint density at radius 2 is 2.06 bits per heavy atom. The summed E-state index contributed by atoms with van der Waals surface area (Å²) in [4.78, 5) is 1.30. The molecule has 0 saturated carbocycles. The molecule has 0 radical (unpaired) electrons. The van der Waals surface area contributed by atoms with Gasteiger partial charge in [-0.3, -0.25) is 0 Å². The molecule has 0 bridgehead atoms. The van der Waals surface area contributed by atoms with Crippen LogP contribution in [-0.2, 0) is 6.42 Å². The normalized spacial score (nSPS) is 12.7. The van der Waals surface area contributed by atoms with Crippen molar-refractivity contribution in [1.82, 2.24) is 0 Å². The monoisotopic (exact) mass is 485 g/mol. The quantitative estimate of drug-likeness (QED) is 0.599. The molecule has 5 heteroatoms. The van der Waals surface area contributed by atoms with Gasteiger partial charge in [0.25, 0.3) is 0 Å². The number of rotatable bonds is 3. The Bertz CT molecular complexity index is 527. The number of thiophene rings is 1.